The minimum absolute atomic E-state index is 0.0192. The fourth-order valence-corrected chi connectivity index (χ4v) is 2.61. The van der Waals surface area contributed by atoms with Crippen LogP contribution in [0.2, 0.25) is 0 Å². The number of carbonyl (C=O) groups excluding carboxylic acids is 3. The first kappa shape index (κ1) is 19.4. The molecular formula is C21H24N2O3. The molecule has 0 heterocycles. The zero-order valence-corrected chi connectivity index (χ0v) is 15.4. The molecule has 0 radical (unpaired) electrons. The second-order valence-electron chi connectivity index (χ2n) is 6.29. The van der Waals surface area contributed by atoms with E-state index in [4.69, 9.17) is 0 Å². The second-order valence-corrected chi connectivity index (χ2v) is 6.29. The Morgan fingerprint density at radius 3 is 2.08 bits per heavy atom. The molecule has 1 N–H and O–H groups in total. The first-order valence-electron chi connectivity index (χ1n) is 8.58. The van der Waals surface area contributed by atoms with E-state index < -0.39 is 0 Å². The van der Waals surface area contributed by atoms with Crippen molar-refractivity contribution in [2.75, 3.05) is 18.0 Å². The Morgan fingerprint density at radius 2 is 1.54 bits per heavy atom. The average Bonchev–Trinajstić information content (AvgIpc) is 2.60. The Bertz CT molecular complexity index is 780. The van der Waals surface area contributed by atoms with E-state index in [1.54, 1.807) is 29.2 Å². The lowest BCUT2D eigenvalue weighted by molar-refractivity contribution is -0.121. The fourth-order valence-electron chi connectivity index (χ4n) is 2.61. The lowest BCUT2D eigenvalue weighted by Crippen LogP contribution is -2.38. The van der Waals surface area contributed by atoms with Gasteiger partial charge in [0.25, 0.3) is 0 Å². The van der Waals surface area contributed by atoms with Crippen LogP contribution in [-0.4, -0.2) is 30.7 Å². The highest BCUT2D eigenvalue weighted by Crippen LogP contribution is 2.15. The van der Waals surface area contributed by atoms with Crippen LogP contribution in [0.3, 0.4) is 0 Å². The van der Waals surface area contributed by atoms with Gasteiger partial charge in [-0.3, -0.25) is 14.4 Å². The maximum Gasteiger partial charge on any atom is 0.224 e. The Morgan fingerprint density at radius 1 is 0.923 bits per heavy atom. The quantitative estimate of drug-likeness (QED) is 0.779. The summed E-state index contributed by atoms with van der Waals surface area (Å²) in [4.78, 5) is 36.9. The van der Waals surface area contributed by atoms with Gasteiger partial charge in [-0.2, -0.15) is 0 Å². The summed E-state index contributed by atoms with van der Waals surface area (Å²) >= 11 is 0. The third-order valence-corrected chi connectivity index (χ3v) is 4.11. The minimum atomic E-state index is -0.117. The van der Waals surface area contributed by atoms with E-state index in [9.17, 15) is 14.4 Å². The zero-order valence-electron chi connectivity index (χ0n) is 15.4. The van der Waals surface area contributed by atoms with Gasteiger partial charge in [-0.1, -0.05) is 29.8 Å². The van der Waals surface area contributed by atoms with Crippen LogP contribution >= 0.6 is 0 Å². The standard InChI is InChI=1S/C21H24N2O3/c1-15-4-6-18(7-5-15)14-21(26)22-12-13-23(17(3)25)20-10-8-19(9-11-20)16(2)24/h4-11H,12-14H2,1-3H3,(H,22,26). The number of amides is 2. The number of hydrogen-bond donors (Lipinski definition) is 1. The molecule has 26 heavy (non-hydrogen) atoms. The topological polar surface area (TPSA) is 66.5 Å². The van der Waals surface area contributed by atoms with Gasteiger partial charge in [0.05, 0.1) is 6.42 Å². The highest BCUT2D eigenvalue weighted by atomic mass is 16.2. The van der Waals surface area contributed by atoms with Crippen LogP contribution in [0.15, 0.2) is 48.5 Å². The average molecular weight is 352 g/mol. The summed E-state index contributed by atoms with van der Waals surface area (Å²) in [5.41, 5.74) is 3.41. The fraction of sp³-hybridized carbons (Fsp3) is 0.286. The molecule has 2 rings (SSSR count). The number of Topliss-reactive ketones (excluding diaryl/α,β-unsaturated/α-hetero) is 1. The SMILES string of the molecule is CC(=O)c1ccc(N(CCNC(=O)Cc2ccc(C)cc2)C(C)=O)cc1. The summed E-state index contributed by atoms with van der Waals surface area (Å²) in [6.07, 6.45) is 0.313. The molecule has 0 aliphatic carbocycles. The van der Waals surface area contributed by atoms with Crippen molar-refractivity contribution >= 4 is 23.3 Å². The van der Waals surface area contributed by atoms with Gasteiger partial charge in [0, 0.05) is 31.3 Å². The molecule has 5 heteroatoms. The Hall–Kier alpha value is -2.95. The molecule has 0 aliphatic heterocycles. The Balaban J connectivity index is 1.90. The largest absolute Gasteiger partial charge is 0.354 e. The minimum Gasteiger partial charge on any atom is -0.354 e. The Labute approximate surface area is 154 Å². The Kier molecular flexibility index (Phi) is 6.67. The van der Waals surface area contributed by atoms with Crippen LogP contribution in [0.4, 0.5) is 5.69 Å². The summed E-state index contributed by atoms with van der Waals surface area (Å²) in [6, 6.07) is 14.7. The number of nitrogens with one attached hydrogen (secondary N) is 1. The molecule has 2 amide bonds. The van der Waals surface area contributed by atoms with Crippen molar-refractivity contribution in [3.05, 3.63) is 65.2 Å². The van der Waals surface area contributed by atoms with Crippen molar-refractivity contribution < 1.29 is 14.4 Å². The van der Waals surface area contributed by atoms with Crippen molar-refractivity contribution in [2.45, 2.75) is 27.2 Å². The number of aryl methyl sites for hydroxylation is 1. The number of hydrogen-bond acceptors (Lipinski definition) is 3. The molecule has 2 aromatic carbocycles. The molecule has 0 unspecified atom stereocenters. The number of benzene rings is 2. The molecule has 2 aromatic rings. The van der Waals surface area contributed by atoms with E-state index >= 15 is 0 Å². The van der Waals surface area contributed by atoms with Gasteiger partial charge in [-0.25, -0.2) is 0 Å². The van der Waals surface area contributed by atoms with Crippen LogP contribution < -0.4 is 10.2 Å². The molecule has 0 fully saturated rings. The first-order chi connectivity index (χ1) is 12.4. The molecule has 136 valence electrons. The van der Waals surface area contributed by atoms with E-state index in [-0.39, 0.29) is 17.6 Å². The van der Waals surface area contributed by atoms with Crippen molar-refractivity contribution in [2.24, 2.45) is 0 Å². The van der Waals surface area contributed by atoms with Crippen LogP contribution in [0.1, 0.15) is 35.3 Å². The van der Waals surface area contributed by atoms with E-state index in [2.05, 4.69) is 5.32 Å². The van der Waals surface area contributed by atoms with Gasteiger partial charge in [0.15, 0.2) is 5.78 Å². The van der Waals surface area contributed by atoms with Gasteiger partial charge in [-0.05, 0) is 43.7 Å². The van der Waals surface area contributed by atoms with Gasteiger partial charge < -0.3 is 10.2 Å². The smallest absolute Gasteiger partial charge is 0.224 e. The number of nitrogens with zero attached hydrogens (tertiary/aromatic N) is 1. The predicted molar refractivity (Wildman–Crippen MR) is 102 cm³/mol. The van der Waals surface area contributed by atoms with E-state index in [1.807, 2.05) is 31.2 Å². The molecule has 0 saturated carbocycles. The first-order valence-corrected chi connectivity index (χ1v) is 8.58. The van der Waals surface area contributed by atoms with Crippen molar-refractivity contribution in [3.8, 4) is 0 Å². The van der Waals surface area contributed by atoms with E-state index in [0.29, 0.717) is 30.8 Å². The van der Waals surface area contributed by atoms with Crippen LogP contribution in [0, 0.1) is 6.92 Å². The molecule has 5 nitrogen and oxygen atoms in total. The van der Waals surface area contributed by atoms with Gasteiger partial charge >= 0.3 is 0 Å². The number of carbonyl (C=O) groups is 3. The highest BCUT2D eigenvalue weighted by Gasteiger charge is 2.12. The summed E-state index contributed by atoms with van der Waals surface area (Å²) in [6.45, 7) is 5.71. The molecule has 0 bridgehead atoms. The van der Waals surface area contributed by atoms with Gasteiger partial charge in [0.1, 0.15) is 0 Å². The summed E-state index contributed by atoms with van der Waals surface area (Å²) in [5.74, 6) is -0.216. The lowest BCUT2D eigenvalue weighted by Gasteiger charge is -2.21. The highest BCUT2D eigenvalue weighted by molar-refractivity contribution is 5.96. The lowest BCUT2D eigenvalue weighted by atomic mass is 10.1. The number of ketones is 1. The normalized spacial score (nSPS) is 10.3. The summed E-state index contributed by atoms with van der Waals surface area (Å²) in [5, 5.41) is 2.84. The third-order valence-electron chi connectivity index (χ3n) is 4.11. The number of anilines is 1. The van der Waals surface area contributed by atoms with Gasteiger partial charge in [-0.15, -0.1) is 0 Å². The van der Waals surface area contributed by atoms with E-state index in [1.165, 1.54) is 13.8 Å². The summed E-state index contributed by atoms with van der Waals surface area (Å²) < 4.78 is 0. The van der Waals surface area contributed by atoms with Gasteiger partial charge in [0.2, 0.25) is 11.8 Å². The molecule has 0 spiro atoms. The zero-order chi connectivity index (χ0) is 19.1. The van der Waals surface area contributed by atoms with Crippen LogP contribution in [0.5, 0.6) is 0 Å². The maximum atomic E-state index is 12.1. The predicted octanol–water partition coefficient (Wildman–Crippen LogP) is 2.91. The monoisotopic (exact) mass is 352 g/mol. The molecular weight excluding hydrogens is 328 g/mol. The van der Waals surface area contributed by atoms with Crippen LogP contribution in [-0.2, 0) is 16.0 Å². The van der Waals surface area contributed by atoms with Crippen molar-refractivity contribution in [1.29, 1.82) is 0 Å². The number of rotatable bonds is 7. The molecule has 0 saturated heterocycles. The van der Waals surface area contributed by atoms with E-state index in [0.717, 1.165) is 11.1 Å². The molecule has 0 aliphatic rings. The molecule has 0 aromatic heterocycles. The maximum absolute atomic E-state index is 12.1. The third kappa shape index (κ3) is 5.55. The molecule has 0 atom stereocenters. The second kappa shape index (κ2) is 8.94. The van der Waals surface area contributed by atoms with Crippen molar-refractivity contribution in [3.63, 3.8) is 0 Å². The van der Waals surface area contributed by atoms with Crippen molar-refractivity contribution in [1.82, 2.24) is 5.32 Å². The summed E-state index contributed by atoms with van der Waals surface area (Å²) in [7, 11) is 0. The van der Waals surface area contributed by atoms with Crippen LogP contribution in [0.25, 0.3) is 0 Å².